The first kappa shape index (κ1) is 15.9. The van der Waals surface area contributed by atoms with Crippen LogP contribution in [0.2, 0.25) is 0 Å². The van der Waals surface area contributed by atoms with Crippen molar-refractivity contribution in [3.8, 4) is 0 Å². The molecule has 1 aromatic heterocycles. The summed E-state index contributed by atoms with van der Waals surface area (Å²) in [6, 6.07) is 9.13. The molecular formula is C15H19ClN2O2S. The molecular weight excluding hydrogens is 308 g/mol. The first-order valence-electron chi connectivity index (χ1n) is 6.69. The standard InChI is InChI=1S/C15H19ClN2O2S/c1-4-12-5-7-13(8-6-12)18(3)21(19,20)15-9-14(10-16)17(2)11-15/h5-9,11H,4,10H2,1-3H3. The SMILES string of the molecule is CCc1ccc(N(C)S(=O)(=O)c2cc(CCl)n(C)c2)cc1. The average Bonchev–Trinajstić information content (AvgIpc) is 2.88. The van der Waals surface area contributed by atoms with Crippen molar-refractivity contribution in [1.82, 2.24) is 4.57 Å². The van der Waals surface area contributed by atoms with E-state index in [4.69, 9.17) is 11.6 Å². The highest BCUT2D eigenvalue weighted by molar-refractivity contribution is 7.92. The monoisotopic (exact) mass is 326 g/mol. The van der Waals surface area contributed by atoms with Crippen molar-refractivity contribution >= 4 is 27.3 Å². The summed E-state index contributed by atoms with van der Waals surface area (Å²) in [5.74, 6) is 0.279. The zero-order valence-corrected chi connectivity index (χ0v) is 13.9. The molecule has 6 heteroatoms. The second-order valence-electron chi connectivity index (χ2n) is 4.90. The van der Waals surface area contributed by atoms with Gasteiger partial charge in [-0.15, -0.1) is 11.6 Å². The van der Waals surface area contributed by atoms with Gasteiger partial charge in [0.05, 0.1) is 11.6 Å². The minimum atomic E-state index is -3.57. The molecule has 0 aliphatic heterocycles. The maximum atomic E-state index is 12.6. The number of benzene rings is 1. The highest BCUT2D eigenvalue weighted by Crippen LogP contribution is 2.24. The summed E-state index contributed by atoms with van der Waals surface area (Å²) in [7, 11) is -0.226. The molecule has 4 nitrogen and oxygen atoms in total. The van der Waals surface area contributed by atoms with Gasteiger partial charge in [-0.2, -0.15) is 0 Å². The summed E-state index contributed by atoms with van der Waals surface area (Å²) in [5.41, 5.74) is 2.59. The molecule has 0 aliphatic rings. The van der Waals surface area contributed by atoms with Gasteiger partial charge in [-0.25, -0.2) is 8.42 Å². The maximum Gasteiger partial charge on any atom is 0.265 e. The minimum absolute atomic E-state index is 0.253. The highest BCUT2D eigenvalue weighted by Gasteiger charge is 2.23. The Hall–Kier alpha value is -1.46. The Kier molecular flexibility index (Phi) is 4.64. The summed E-state index contributed by atoms with van der Waals surface area (Å²) in [5, 5.41) is 0. The second kappa shape index (κ2) is 6.12. The Morgan fingerprint density at radius 2 is 1.86 bits per heavy atom. The number of nitrogens with zero attached hydrogens (tertiary/aromatic N) is 2. The van der Waals surface area contributed by atoms with Crippen molar-refractivity contribution in [2.75, 3.05) is 11.4 Å². The molecule has 0 atom stereocenters. The van der Waals surface area contributed by atoms with E-state index in [1.165, 1.54) is 9.87 Å². The Morgan fingerprint density at radius 3 is 2.33 bits per heavy atom. The number of anilines is 1. The van der Waals surface area contributed by atoms with Crippen molar-refractivity contribution in [3.05, 3.63) is 47.8 Å². The third-order valence-electron chi connectivity index (χ3n) is 3.59. The van der Waals surface area contributed by atoms with Gasteiger partial charge in [-0.3, -0.25) is 4.31 Å². The van der Waals surface area contributed by atoms with Crippen LogP contribution >= 0.6 is 11.6 Å². The van der Waals surface area contributed by atoms with Gasteiger partial charge in [0.15, 0.2) is 0 Å². The Bertz CT molecular complexity index is 721. The van der Waals surface area contributed by atoms with E-state index < -0.39 is 10.0 Å². The zero-order valence-electron chi connectivity index (χ0n) is 12.4. The van der Waals surface area contributed by atoms with Crippen LogP contribution in [0.15, 0.2) is 41.4 Å². The molecule has 0 aliphatic carbocycles. The van der Waals surface area contributed by atoms with Crippen LogP contribution in [0.4, 0.5) is 5.69 Å². The van der Waals surface area contributed by atoms with E-state index in [1.807, 2.05) is 24.3 Å². The first-order chi connectivity index (χ1) is 9.90. The number of hydrogen-bond acceptors (Lipinski definition) is 2. The van der Waals surface area contributed by atoms with Crippen LogP contribution in [0, 0.1) is 0 Å². The number of halogens is 1. The molecule has 0 spiro atoms. The molecule has 0 bridgehead atoms. The summed E-state index contributed by atoms with van der Waals surface area (Å²) < 4.78 is 28.3. The molecule has 0 saturated carbocycles. The van der Waals surface area contributed by atoms with Gasteiger partial charge in [0.1, 0.15) is 4.90 Å². The number of sulfonamides is 1. The fraction of sp³-hybridized carbons (Fsp3) is 0.333. The van der Waals surface area contributed by atoms with E-state index in [9.17, 15) is 8.42 Å². The molecule has 0 unspecified atom stereocenters. The Labute approximate surface area is 131 Å². The van der Waals surface area contributed by atoms with Crippen LogP contribution in [0.25, 0.3) is 0 Å². The lowest BCUT2D eigenvalue weighted by Crippen LogP contribution is -2.26. The first-order valence-corrected chi connectivity index (χ1v) is 8.66. The van der Waals surface area contributed by atoms with Gasteiger partial charge in [0.2, 0.25) is 0 Å². The van der Waals surface area contributed by atoms with Crippen molar-refractivity contribution in [2.24, 2.45) is 7.05 Å². The van der Waals surface area contributed by atoms with Crippen molar-refractivity contribution < 1.29 is 8.42 Å². The quantitative estimate of drug-likeness (QED) is 0.792. The van der Waals surface area contributed by atoms with E-state index in [2.05, 4.69) is 6.92 Å². The second-order valence-corrected chi connectivity index (χ2v) is 7.14. The molecule has 1 aromatic carbocycles. The lowest BCUT2D eigenvalue weighted by Gasteiger charge is -2.19. The van der Waals surface area contributed by atoms with E-state index in [1.54, 1.807) is 30.9 Å². The average molecular weight is 327 g/mol. The molecule has 0 saturated heterocycles. The van der Waals surface area contributed by atoms with Crippen LogP contribution in [0.5, 0.6) is 0 Å². The lowest BCUT2D eigenvalue weighted by atomic mass is 10.1. The van der Waals surface area contributed by atoms with Crippen LogP contribution in [-0.2, 0) is 29.4 Å². The molecule has 1 heterocycles. The maximum absolute atomic E-state index is 12.6. The van der Waals surface area contributed by atoms with Crippen LogP contribution in [0.1, 0.15) is 18.2 Å². The largest absolute Gasteiger partial charge is 0.352 e. The van der Waals surface area contributed by atoms with Crippen LogP contribution < -0.4 is 4.31 Å². The highest BCUT2D eigenvalue weighted by atomic mass is 35.5. The zero-order chi connectivity index (χ0) is 15.6. The third kappa shape index (κ3) is 3.09. The van der Waals surface area contributed by atoms with Gasteiger partial charge in [-0.1, -0.05) is 19.1 Å². The van der Waals surface area contributed by atoms with E-state index >= 15 is 0 Å². The molecule has 2 rings (SSSR count). The van der Waals surface area contributed by atoms with E-state index in [0.29, 0.717) is 5.69 Å². The third-order valence-corrected chi connectivity index (χ3v) is 5.61. The molecule has 0 fully saturated rings. The van der Waals surface area contributed by atoms with E-state index in [0.717, 1.165) is 12.1 Å². The predicted octanol–water partition coefficient (Wildman–Crippen LogP) is 3.15. The van der Waals surface area contributed by atoms with E-state index in [-0.39, 0.29) is 10.8 Å². The van der Waals surface area contributed by atoms with Crippen molar-refractivity contribution in [1.29, 1.82) is 0 Å². The molecule has 21 heavy (non-hydrogen) atoms. The number of aryl methyl sites for hydroxylation is 2. The van der Waals surface area contributed by atoms with Crippen molar-refractivity contribution in [3.63, 3.8) is 0 Å². The van der Waals surface area contributed by atoms with Gasteiger partial charge >= 0.3 is 0 Å². The summed E-state index contributed by atoms with van der Waals surface area (Å²) in [6.07, 6.45) is 2.51. The number of rotatable bonds is 5. The number of alkyl halides is 1. The normalized spacial score (nSPS) is 11.6. The summed E-state index contributed by atoms with van der Waals surface area (Å²) >= 11 is 5.80. The van der Waals surface area contributed by atoms with Crippen LogP contribution in [0.3, 0.4) is 0 Å². The van der Waals surface area contributed by atoms with Gasteiger partial charge in [0.25, 0.3) is 10.0 Å². The lowest BCUT2D eigenvalue weighted by molar-refractivity contribution is 0.594. The topological polar surface area (TPSA) is 42.3 Å². The fourth-order valence-corrected chi connectivity index (χ4v) is 3.65. The summed E-state index contributed by atoms with van der Waals surface area (Å²) in [6.45, 7) is 2.06. The van der Waals surface area contributed by atoms with Crippen molar-refractivity contribution in [2.45, 2.75) is 24.1 Å². The molecule has 2 aromatic rings. The Balaban J connectivity index is 2.36. The molecule has 114 valence electrons. The number of hydrogen-bond donors (Lipinski definition) is 0. The Morgan fingerprint density at radius 1 is 1.24 bits per heavy atom. The number of aromatic nitrogens is 1. The van der Waals surface area contributed by atoms with Gasteiger partial charge in [0, 0.05) is 26.0 Å². The minimum Gasteiger partial charge on any atom is -0.352 e. The smallest absolute Gasteiger partial charge is 0.265 e. The van der Waals surface area contributed by atoms with Gasteiger partial charge in [-0.05, 0) is 30.2 Å². The fourth-order valence-electron chi connectivity index (χ4n) is 2.09. The molecule has 0 amide bonds. The predicted molar refractivity (Wildman–Crippen MR) is 86.4 cm³/mol. The molecule has 0 N–H and O–H groups in total. The molecule has 0 radical (unpaired) electrons. The summed E-state index contributed by atoms with van der Waals surface area (Å²) in [4.78, 5) is 0.253. The van der Waals surface area contributed by atoms with Gasteiger partial charge < -0.3 is 4.57 Å². The van der Waals surface area contributed by atoms with Crippen LogP contribution in [-0.4, -0.2) is 20.0 Å².